The number of thiazole rings is 1. The van der Waals surface area contributed by atoms with Crippen molar-refractivity contribution in [1.29, 1.82) is 0 Å². The van der Waals surface area contributed by atoms with Crippen LogP contribution in [0.5, 0.6) is 11.5 Å². The number of nitrogens with one attached hydrogen (secondary N) is 2. The van der Waals surface area contributed by atoms with Gasteiger partial charge < -0.3 is 14.8 Å². The molecule has 3 aromatic carbocycles. The van der Waals surface area contributed by atoms with Gasteiger partial charge in [-0.25, -0.2) is 4.98 Å². The van der Waals surface area contributed by atoms with Crippen LogP contribution in [0.2, 0.25) is 0 Å². The predicted octanol–water partition coefficient (Wildman–Crippen LogP) is 5.33. The number of methoxy groups -OCH3 is 2. The number of hydrogen-bond donors (Lipinski definition) is 2. The Balaban J connectivity index is 1.43. The molecule has 8 heteroatoms. The van der Waals surface area contributed by atoms with Crippen molar-refractivity contribution < 1.29 is 19.1 Å². The number of amides is 2. The van der Waals surface area contributed by atoms with Crippen LogP contribution in [-0.2, 0) is 0 Å². The van der Waals surface area contributed by atoms with E-state index in [0.717, 1.165) is 11.3 Å². The second-order valence-corrected chi connectivity index (χ2v) is 7.85. The standard InChI is InChI=1S/C25H21N3O4S/c1-31-20-12-18(13-21(14-20)32-2)24(30)28-25-27-22(15-33-25)16-8-10-19(11-9-16)26-23(29)17-6-4-3-5-7-17/h3-15H,1-2H3,(H,26,29)(H,27,28,30). The SMILES string of the molecule is COc1cc(OC)cc(C(=O)Nc2nc(-c3ccc(NC(=O)c4ccccc4)cc3)cs2)c1. The molecule has 0 radical (unpaired) electrons. The van der Waals surface area contributed by atoms with E-state index in [1.165, 1.54) is 25.6 Å². The largest absolute Gasteiger partial charge is 0.497 e. The van der Waals surface area contributed by atoms with Crippen LogP contribution in [0.1, 0.15) is 20.7 Å². The summed E-state index contributed by atoms with van der Waals surface area (Å²) < 4.78 is 10.4. The van der Waals surface area contributed by atoms with E-state index in [2.05, 4.69) is 15.6 Å². The summed E-state index contributed by atoms with van der Waals surface area (Å²) in [5.41, 5.74) is 3.27. The van der Waals surface area contributed by atoms with Gasteiger partial charge in [0.15, 0.2) is 5.13 Å². The maximum Gasteiger partial charge on any atom is 0.257 e. The van der Waals surface area contributed by atoms with E-state index in [-0.39, 0.29) is 11.8 Å². The molecule has 0 aliphatic heterocycles. The van der Waals surface area contributed by atoms with Gasteiger partial charge in [0.25, 0.3) is 11.8 Å². The van der Waals surface area contributed by atoms with Gasteiger partial charge in [-0.2, -0.15) is 0 Å². The molecule has 0 fully saturated rings. The molecule has 1 aromatic heterocycles. The van der Waals surface area contributed by atoms with Gasteiger partial charge in [-0.15, -0.1) is 11.3 Å². The van der Waals surface area contributed by atoms with E-state index < -0.39 is 0 Å². The van der Waals surface area contributed by atoms with Gasteiger partial charge in [0.1, 0.15) is 11.5 Å². The topological polar surface area (TPSA) is 89.6 Å². The number of aromatic nitrogens is 1. The third-order valence-corrected chi connectivity index (χ3v) is 5.57. The summed E-state index contributed by atoms with van der Waals surface area (Å²) in [5, 5.41) is 8.01. The Labute approximate surface area is 195 Å². The van der Waals surface area contributed by atoms with Crippen LogP contribution < -0.4 is 20.1 Å². The molecular weight excluding hydrogens is 438 g/mol. The van der Waals surface area contributed by atoms with Crippen LogP contribution in [0.25, 0.3) is 11.3 Å². The van der Waals surface area contributed by atoms with Crippen LogP contribution >= 0.6 is 11.3 Å². The molecule has 0 aliphatic rings. The van der Waals surface area contributed by atoms with Crippen molar-refractivity contribution in [3.05, 3.63) is 89.3 Å². The van der Waals surface area contributed by atoms with Crippen LogP contribution in [0.4, 0.5) is 10.8 Å². The molecule has 7 nitrogen and oxygen atoms in total. The number of carbonyl (C=O) groups excluding carboxylic acids is 2. The highest BCUT2D eigenvalue weighted by Crippen LogP contribution is 2.28. The second kappa shape index (κ2) is 9.97. The summed E-state index contributed by atoms with van der Waals surface area (Å²) in [5.74, 6) is 0.570. The maximum absolute atomic E-state index is 12.7. The lowest BCUT2D eigenvalue weighted by molar-refractivity contribution is 0.101. The number of ether oxygens (including phenoxy) is 2. The fourth-order valence-corrected chi connectivity index (χ4v) is 3.80. The molecule has 2 N–H and O–H groups in total. The summed E-state index contributed by atoms with van der Waals surface area (Å²) in [6, 6.07) is 21.4. The molecule has 4 rings (SSSR count). The van der Waals surface area contributed by atoms with Crippen LogP contribution in [0.3, 0.4) is 0 Å². The maximum atomic E-state index is 12.7. The van der Waals surface area contributed by atoms with Crippen molar-refractivity contribution in [2.45, 2.75) is 0 Å². The van der Waals surface area contributed by atoms with Crippen molar-refractivity contribution >= 4 is 34.0 Å². The lowest BCUT2D eigenvalue weighted by Crippen LogP contribution is -2.12. The van der Waals surface area contributed by atoms with Gasteiger partial charge in [0.05, 0.1) is 19.9 Å². The normalized spacial score (nSPS) is 10.4. The molecule has 0 unspecified atom stereocenters. The number of hydrogen-bond acceptors (Lipinski definition) is 6. The molecule has 33 heavy (non-hydrogen) atoms. The van der Waals surface area contributed by atoms with E-state index in [4.69, 9.17) is 9.47 Å². The van der Waals surface area contributed by atoms with Crippen molar-refractivity contribution in [2.75, 3.05) is 24.9 Å². The number of benzene rings is 3. The lowest BCUT2D eigenvalue weighted by Gasteiger charge is -2.08. The summed E-state index contributed by atoms with van der Waals surface area (Å²) in [4.78, 5) is 29.5. The van der Waals surface area contributed by atoms with Crippen LogP contribution in [-0.4, -0.2) is 31.0 Å². The van der Waals surface area contributed by atoms with Crippen LogP contribution in [0.15, 0.2) is 78.2 Å². The fraction of sp³-hybridized carbons (Fsp3) is 0.0800. The first kappa shape index (κ1) is 22.0. The molecule has 1 heterocycles. The Morgan fingerprint density at radius 2 is 1.42 bits per heavy atom. The van der Waals surface area contributed by atoms with E-state index in [9.17, 15) is 9.59 Å². The Bertz CT molecular complexity index is 1250. The Hall–Kier alpha value is -4.17. The number of rotatable bonds is 7. The van der Waals surface area contributed by atoms with E-state index in [1.54, 1.807) is 30.3 Å². The first-order valence-electron chi connectivity index (χ1n) is 10.0. The van der Waals surface area contributed by atoms with E-state index >= 15 is 0 Å². The predicted molar refractivity (Wildman–Crippen MR) is 129 cm³/mol. The average Bonchev–Trinajstić information content (AvgIpc) is 3.33. The lowest BCUT2D eigenvalue weighted by atomic mass is 10.1. The zero-order chi connectivity index (χ0) is 23.2. The highest BCUT2D eigenvalue weighted by Gasteiger charge is 2.13. The first-order chi connectivity index (χ1) is 16.1. The Kier molecular flexibility index (Phi) is 6.66. The molecule has 0 saturated carbocycles. The summed E-state index contributed by atoms with van der Waals surface area (Å²) in [6.07, 6.45) is 0. The zero-order valence-corrected chi connectivity index (χ0v) is 18.8. The quantitative estimate of drug-likeness (QED) is 0.390. The Morgan fingerprint density at radius 3 is 2.06 bits per heavy atom. The van der Waals surface area contributed by atoms with Gasteiger partial charge >= 0.3 is 0 Å². The van der Waals surface area contributed by atoms with Crippen molar-refractivity contribution in [1.82, 2.24) is 4.98 Å². The van der Waals surface area contributed by atoms with E-state index in [0.29, 0.717) is 33.4 Å². The molecular formula is C25H21N3O4S. The monoisotopic (exact) mass is 459 g/mol. The van der Waals surface area contributed by atoms with Crippen molar-refractivity contribution in [3.8, 4) is 22.8 Å². The van der Waals surface area contributed by atoms with Gasteiger partial charge in [-0.3, -0.25) is 14.9 Å². The van der Waals surface area contributed by atoms with Gasteiger partial charge in [0.2, 0.25) is 0 Å². The number of nitrogens with zero attached hydrogens (tertiary/aromatic N) is 1. The van der Waals surface area contributed by atoms with E-state index in [1.807, 2.05) is 47.8 Å². The zero-order valence-electron chi connectivity index (χ0n) is 18.0. The molecule has 0 saturated heterocycles. The number of carbonyl (C=O) groups is 2. The third-order valence-electron chi connectivity index (χ3n) is 4.81. The molecule has 0 spiro atoms. The molecule has 2 amide bonds. The van der Waals surface area contributed by atoms with Crippen molar-refractivity contribution in [3.63, 3.8) is 0 Å². The minimum atomic E-state index is -0.313. The molecule has 0 aliphatic carbocycles. The number of anilines is 2. The summed E-state index contributed by atoms with van der Waals surface area (Å²) in [7, 11) is 3.06. The minimum absolute atomic E-state index is 0.170. The van der Waals surface area contributed by atoms with Gasteiger partial charge in [0, 0.05) is 33.8 Å². The summed E-state index contributed by atoms with van der Waals surface area (Å²) in [6.45, 7) is 0. The highest BCUT2D eigenvalue weighted by atomic mass is 32.1. The molecule has 4 aromatic rings. The minimum Gasteiger partial charge on any atom is -0.497 e. The molecule has 166 valence electrons. The average molecular weight is 460 g/mol. The van der Waals surface area contributed by atoms with Gasteiger partial charge in [-0.05, 0) is 36.4 Å². The van der Waals surface area contributed by atoms with Crippen molar-refractivity contribution in [2.24, 2.45) is 0 Å². The molecule has 0 atom stereocenters. The summed E-state index contributed by atoms with van der Waals surface area (Å²) >= 11 is 1.32. The fourth-order valence-electron chi connectivity index (χ4n) is 3.09. The third kappa shape index (κ3) is 5.36. The van der Waals surface area contributed by atoms with Crippen LogP contribution in [0, 0.1) is 0 Å². The highest BCUT2D eigenvalue weighted by molar-refractivity contribution is 7.14. The molecule has 0 bridgehead atoms. The van der Waals surface area contributed by atoms with Gasteiger partial charge in [-0.1, -0.05) is 30.3 Å². The second-order valence-electron chi connectivity index (χ2n) is 6.99. The first-order valence-corrected chi connectivity index (χ1v) is 10.9. The smallest absolute Gasteiger partial charge is 0.257 e. The Morgan fingerprint density at radius 1 is 0.788 bits per heavy atom.